The number of nitrogens with zero attached hydrogens (tertiary/aromatic N) is 1. The van der Waals surface area contributed by atoms with Crippen molar-refractivity contribution in [2.45, 2.75) is 45.6 Å². The van der Waals surface area contributed by atoms with Crippen LogP contribution in [0.3, 0.4) is 0 Å². The molecule has 1 saturated heterocycles. The van der Waals surface area contributed by atoms with Crippen LogP contribution in [0.4, 0.5) is 0 Å². The molecule has 0 radical (unpaired) electrons. The monoisotopic (exact) mass is 336 g/mol. The van der Waals surface area contributed by atoms with E-state index in [9.17, 15) is 9.59 Å². The van der Waals surface area contributed by atoms with Crippen molar-refractivity contribution in [1.82, 2.24) is 10.2 Å². The van der Waals surface area contributed by atoms with E-state index in [0.29, 0.717) is 10.6 Å². The SMILES string of the molecule is CCC(CC)C(=O)N1CCC(NC(=O)c2ccc(Cl)cc2)CC1. The summed E-state index contributed by atoms with van der Waals surface area (Å²) in [6.45, 7) is 5.57. The molecular weight excluding hydrogens is 312 g/mol. The number of nitrogens with one attached hydrogen (secondary N) is 1. The van der Waals surface area contributed by atoms with E-state index in [1.807, 2.05) is 4.90 Å². The van der Waals surface area contributed by atoms with Crippen molar-refractivity contribution in [3.63, 3.8) is 0 Å². The van der Waals surface area contributed by atoms with E-state index >= 15 is 0 Å². The number of benzene rings is 1. The van der Waals surface area contributed by atoms with Gasteiger partial charge in [-0.2, -0.15) is 0 Å². The summed E-state index contributed by atoms with van der Waals surface area (Å²) in [4.78, 5) is 26.5. The first-order valence-corrected chi connectivity index (χ1v) is 8.78. The van der Waals surface area contributed by atoms with E-state index in [1.165, 1.54) is 0 Å². The number of amides is 2. The van der Waals surface area contributed by atoms with E-state index in [4.69, 9.17) is 11.6 Å². The van der Waals surface area contributed by atoms with E-state index in [-0.39, 0.29) is 23.8 Å². The predicted octanol–water partition coefficient (Wildman–Crippen LogP) is 3.50. The summed E-state index contributed by atoms with van der Waals surface area (Å²) >= 11 is 5.83. The molecule has 0 spiro atoms. The molecule has 0 saturated carbocycles. The van der Waals surface area contributed by atoms with Crippen LogP contribution < -0.4 is 5.32 Å². The van der Waals surface area contributed by atoms with Crippen molar-refractivity contribution < 1.29 is 9.59 Å². The standard InChI is InChI=1S/C18H25ClN2O2/c1-3-13(4-2)18(23)21-11-9-16(10-12-21)20-17(22)14-5-7-15(19)8-6-14/h5-8,13,16H,3-4,9-12H2,1-2H3,(H,20,22). The summed E-state index contributed by atoms with van der Waals surface area (Å²) < 4.78 is 0. The van der Waals surface area contributed by atoms with Crippen LogP contribution in [-0.2, 0) is 4.79 Å². The van der Waals surface area contributed by atoms with Crippen molar-refractivity contribution in [3.8, 4) is 0 Å². The van der Waals surface area contributed by atoms with E-state index < -0.39 is 0 Å². The topological polar surface area (TPSA) is 49.4 Å². The van der Waals surface area contributed by atoms with Crippen LogP contribution in [0.1, 0.15) is 49.9 Å². The number of hydrogen-bond acceptors (Lipinski definition) is 2. The third-order valence-electron chi connectivity index (χ3n) is 4.58. The number of carbonyl (C=O) groups excluding carboxylic acids is 2. The maximum atomic E-state index is 12.4. The Bertz CT molecular complexity index is 532. The molecule has 0 bridgehead atoms. The lowest BCUT2D eigenvalue weighted by Crippen LogP contribution is -2.48. The van der Waals surface area contributed by atoms with Gasteiger partial charge in [0.25, 0.3) is 5.91 Å². The van der Waals surface area contributed by atoms with Crippen LogP contribution in [0, 0.1) is 5.92 Å². The first kappa shape index (κ1) is 17.8. The lowest BCUT2D eigenvalue weighted by atomic mass is 9.98. The van der Waals surface area contributed by atoms with Crippen molar-refractivity contribution in [2.24, 2.45) is 5.92 Å². The second-order valence-electron chi connectivity index (χ2n) is 6.09. The number of likely N-dealkylation sites (tertiary alicyclic amines) is 1. The smallest absolute Gasteiger partial charge is 0.251 e. The highest BCUT2D eigenvalue weighted by molar-refractivity contribution is 6.30. The van der Waals surface area contributed by atoms with Gasteiger partial charge < -0.3 is 10.2 Å². The van der Waals surface area contributed by atoms with Crippen molar-refractivity contribution in [3.05, 3.63) is 34.9 Å². The first-order valence-electron chi connectivity index (χ1n) is 8.40. The minimum absolute atomic E-state index is 0.0774. The van der Waals surface area contributed by atoms with Crippen LogP contribution in [0.25, 0.3) is 0 Å². The zero-order chi connectivity index (χ0) is 16.8. The molecule has 4 nitrogen and oxygen atoms in total. The molecule has 1 aliphatic rings. The Hall–Kier alpha value is -1.55. The normalized spacial score (nSPS) is 15.7. The molecule has 1 aromatic carbocycles. The molecule has 1 heterocycles. The maximum absolute atomic E-state index is 12.4. The van der Waals surface area contributed by atoms with E-state index in [1.54, 1.807) is 24.3 Å². The van der Waals surface area contributed by atoms with E-state index in [2.05, 4.69) is 19.2 Å². The quantitative estimate of drug-likeness (QED) is 0.894. The molecule has 2 rings (SSSR count). The van der Waals surface area contributed by atoms with Gasteiger partial charge in [0, 0.05) is 35.6 Å². The molecule has 5 heteroatoms. The van der Waals surface area contributed by atoms with Gasteiger partial charge in [-0.05, 0) is 49.9 Å². The number of halogens is 1. The Balaban J connectivity index is 1.83. The summed E-state index contributed by atoms with van der Waals surface area (Å²) in [6, 6.07) is 7.01. The molecule has 23 heavy (non-hydrogen) atoms. The fraction of sp³-hybridized carbons (Fsp3) is 0.556. The lowest BCUT2D eigenvalue weighted by Gasteiger charge is -2.34. The molecular formula is C18H25ClN2O2. The van der Waals surface area contributed by atoms with Gasteiger partial charge in [0.05, 0.1) is 0 Å². The third kappa shape index (κ3) is 4.71. The summed E-state index contributed by atoms with van der Waals surface area (Å²) in [6.07, 6.45) is 3.40. The Morgan fingerprint density at radius 2 is 1.74 bits per heavy atom. The van der Waals surface area contributed by atoms with Gasteiger partial charge in [0.1, 0.15) is 0 Å². The van der Waals surface area contributed by atoms with Crippen LogP contribution in [0.15, 0.2) is 24.3 Å². The molecule has 0 atom stereocenters. The zero-order valence-electron chi connectivity index (χ0n) is 13.8. The lowest BCUT2D eigenvalue weighted by molar-refractivity contribution is -0.136. The van der Waals surface area contributed by atoms with Gasteiger partial charge >= 0.3 is 0 Å². The Morgan fingerprint density at radius 1 is 1.17 bits per heavy atom. The predicted molar refractivity (Wildman–Crippen MR) is 92.6 cm³/mol. The van der Waals surface area contributed by atoms with Gasteiger partial charge in [-0.25, -0.2) is 0 Å². The van der Waals surface area contributed by atoms with Crippen molar-refractivity contribution in [1.29, 1.82) is 0 Å². The molecule has 0 aromatic heterocycles. The summed E-state index contributed by atoms with van der Waals surface area (Å²) in [5, 5.41) is 3.67. The average Bonchev–Trinajstić information content (AvgIpc) is 2.57. The number of hydrogen-bond donors (Lipinski definition) is 1. The number of rotatable bonds is 5. The highest BCUT2D eigenvalue weighted by atomic mass is 35.5. The Labute approximate surface area is 143 Å². The van der Waals surface area contributed by atoms with Gasteiger partial charge in [0.2, 0.25) is 5.91 Å². The van der Waals surface area contributed by atoms with Crippen molar-refractivity contribution >= 4 is 23.4 Å². The highest BCUT2D eigenvalue weighted by Gasteiger charge is 2.27. The number of carbonyl (C=O) groups is 2. The Morgan fingerprint density at radius 3 is 2.26 bits per heavy atom. The van der Waals surface area contributed by atoms with Gasteiger partial charge in [-0.3, -0.25) is 9.59 Å². The van der Waals surface area contributed by atoms with Crippen molar-refractivity contribution in [2.75, 3.05) is 13.1 Å². The maximum Gasteiger partial charge on any atom is 0.251 e. The van der Waals surface area contributed by atoms with Gasteiger partial charge in [-0.15, -0.1) is 0 Å². The summed E-state index contributed by atoms with van der Waals surface area (Å²) in [5.74, 6) is 0.319. The second-order valence-corrected chi connectivity index (χ2v) is 6.53. The second kappa shape index (κ2) is 8.34. The van der Waals surface area contributed by atoms with Gasteiger partial charge in [-0.1, -0.05) is 25.4 Å². The highest BCUT2D eigenvalue weighted by Crippen LogP contribution is 2.18. The fourth-order valence-corrected chi connectivity index (χ4v) is 3.14. The minimum atomic E-state index is -0.0774. The Kier molecular flexibility index (Phi) is 6.46. The van der Waals surface area contributed by atoms with Crippen LogP contribution in [0.5, 0.6) is 0 Å². The zero-order valence-corrected chi connectivity index (χ0v) is 14.6. The van der Waals surface area contributed by atoms with Crippen LogP contribution in [0.2, 0.25) is 5.02 Å². The molecule has 0 unspecified atom stereocenters. The van der Waals surface area contributed by atoms with Crippen LogP contribution in [-0.4, -0.2) is 35.8 Å². The molecule has 0 aliphatic carbocycles. The molecule has 2 amide bonds. The van der Waals surface area contributed by atoms with E-state index in [0.717, 1.165) is 38.8 Å². The summed E-state index contributed by atoms with van der Waals surface area (Å²) in [5.41, 5.74) is 0.616. The third-order valence-corrected chi connectivity index (χ3v) is 4.84. The first-order chi connectivity index (χ1) is 11.0. The molecule has 1 fully saturated rings. The molecule has 1 aliphatic heterocycles. The molecule has 1 N–H and O–H groups in total. The number of piperidine rings is 1. The van der Waals surface area contributed by atoms with Gasteiger partial charge in [0.15, 0.2) is 0 Å². The van der Waals surface area contributed by atoms with Crippen LogP contribution >= 0.6 is 11.6 Å². The summed E-state index contributed by atoms with van der Waals surface area (Å²) in [7, 11) is 0. The molecule has 1 aromatic rings. The molecule has 126 valence electrons. The largest absolute Gasteiger partial charge is 0.349 e. The minimum Gasteiger partial charge on any atom is -0.349 e. The fourth-order valence-electron chi connectivity index (χ4n) is 3.01. The average molecular weight is 337 g/mol.